The average molecular weight is 398 g/mol. The van der Waals surface area contributed by atoms with E-state index in [1.54, 1.807) is 37.4 Å². The maximum atomic E-state index is 13.0. The molecule has 1 aliphatic rings. The highest BCUT2D eigenvalue weighted by atomic mass is 16.5. The van der Waals surface area contributed by atoms with Crippen molar-refractivity contribution in [3.8, 4) is 23.0 Å². The van der Waals surface area contributed by atoms with Gasteiger partial charge in [-0.15, -0.1) is 0 Å². The summed E-state index contributed by atoms with van der Waals surface area (Å²) in [7, 11) is 3.73. The number of hydrogen-bond donors (Lipinski definition) is 3. The minimum absolute atomic E-state index is 0.0779. The molecule has 152 valence electrons. The standard InChI is InChI=1S/C22H24N2O5/c1-23-9-11-24(12-10-23)13-16-17(25)8-7-15-21(26)20(14-28-22(15)16)29-19-6-4-3-5-18(19)27-2/h3-8,14,25H,9-13H2,1-2H3/p+2. The zero-order chi connectivity index (χ0) is 20.4. The highest BCUT2D eigenvalue weighted by Gasteiger charge is 2.24. The van der Waals surface area contributed by atoms with Crippen LogP contribution in [0.2, 0.25) is 0 Å². The number of ether oxygens (including phenoxy) is 2. The topological polar surface area (TPSA) is 77.8 Å². The number of benzene rings is 2. The van der Waals surface area contributed by atoms with Crippen LogP contribution < -0.4 is 24.7 Å². The molecule has 0 spiro atoms. The molecule has 4 rings (SSSR count). The van der Waals surface area contributed by atoms with Crippen molar-refractivity contribution in [2.24, 2.45) is 0 Å². The van der Waals surface area contributed by atoms with Gasteiger partial charge in [0.2, 0.25) is 11.2 Å². The molecule has 0 amide bonds. The lowest BCUT2D eigenvalue weighted by Crippen LogP contribution is -3.26. The molecule has 0 saturated carbocycles. The quantitative estimate of drug-likeness (QED) is 0.573. The van der Waals surface area contributed by atoms with Crippen molar-refractivity contribution in [1.82, 2.24) is 0 Å². The van der Waals surface area contributed by atoms with Crippen molar-refractivity contribution in [1.29, 1.82) is 0 Å². The Labute approximate surface area is 168 Å². The van der Waals surface area contributed by atoms with E-state index in [2.05, 4.69) is 7.05 Å². The highest BCUT2D eigenvalue weighted by Crippen LogP contribution is 2.31. The molecule has 0 radical (unpaired) electrons. The van der Waals surface area contributed by atoms with E-state index < -0.39 is 0 Å². The lowest BCUT2D eigenvalue weighted by atomic mass is 10.1. The number of aromatic hydroxyl groups is 1. The summed E-state index contributed by atoms with van der Waals surface area (Å²) in [6.45, 7) is 4.82. The molecule has 1 saturated heterocycles. The summed E-state index contributed by atoms with van der Waals surface area (Å²) in [6, 6.07) is 10.3. The van der Waals surface area contributed by atoms with E-state index in [1.807, 2.05) is 6.07 Å². The second-order valence-corrected chi connectivity index (χ2v) is 7.51. The van der Waals surface area contributed by atoms with Crippen LogP contribution in [0.4, 0.5) is 0 Å². The molecule has 7 nitrogen and oxygen atoms in total. The van der Waals surface area contributed by atoms with E-state index in [1.165, 1.54) is 16.1 Å². The first-order valence-corrected chi connectivity index (χ1v) is 9.79. The smallest absolute Gasteiger partial charge is 0.235 e. The number of para-hydroxylation sites is 2. The van der Waals surface area contributed by atoms with Crippen LogP contribution in [0, 0.1) is 0 Å². The van der Waals surface area contributed by atoms with Crippen molar-refractivity contribution >= 4 is 11.0 Å². The highest BCUT2D eigenvalue weighted by molar-refractivity contribution is 5.82. The third-order valence-corrected chi connectivity index (χ3v) is 5.51. The van der Waals surface area contributed by atoms with Gasteiger partial charge >= 0.3 is 0 Å². The molecule has 1 aromatic heterocycles. The summed E-state index contributed by atoms with van der Waals surface area (Å²) in [5.41, 5.74) is 0.801. The Morgan fingerprint density at radius 2 is 1.76 bits per heavy atom. The van der Waals surface area contributed by atoms with Gasteiger partial charge < -0.3 is 28.8 Å². The van der Waals surface area contributed by atoms with E-state index in [0.29, 0.717) is 34.6 Å². The van der Waals surface area contributed by atoms with Gasteiger partial charge in [0.25, 0.3) is 0 Å². The first-order chi connectivity index (χ1) is 14.1. The van der Waals surface area contributed by atoms with Crippen molar-refractivity contribution < 1.29 is 28.8 Å². The summed E-state index contributed by atoms with van der Waals surface area (Å²) < 4.78 is 16.8. The molecule has 0 bridgehead atoms. The monoisotopic (exact) mass is 398 g/mol. The molecule has 2 aromatic carbocycles. The Hall–Kier alpha value is -3.03. The van der Waals surface area contributed by atoms with Gasteiger partial charge in [0.1, 0.15) is 44.7 Å². The predicted molar refractivity (Wildman–Crippen MR) is 108 cm³/mol. The van der Waals surface area contributed by atoms with Crippen LogP contribution in [-0.2, 0) is 6.54 Å². The second kappa shape index (κ2) is 8.14. The van der Waals surface area contributed by atoms with E-state index in [9.17, 15) is 9.90 Å². The number of phenolic OH excluding ortho intramolecular Hbond substituents is 1. The van der Waals surface area contributed by atoms with Gasteiger partial charge in [-0.25, -0.2) is 0 Å². The number of methoxy groups -OCH3 is 1. The van der Waals surface area contributed by atoms with Crippen LogP contribution in [0.5, 0.6) is 23.0 Å². The minimum Gasteiger partial charge on any atom is -0.507 e. The first kappa shape index (κ1) is 19.3. The Morgan fingerprint density at radius 1 is 1.03 bits per heavy atom. The number of fused-ring (bicyclic) bond motifs is 1. The molecule has 1 aliphatic heterocycles. The van der Waals surface area contributed by atoms with Crippen LogP contribution >= 0.6 is 0 Å². The summed E-state index contributed by atoms with van der Waals surface area (Å²) in [4.78, 5) is 15.9. The number of likely N-dealkylation sites (N-methyl/N-ethyl adjacent to an activating group) is 1. The fourth-order valence-corrected chi connectivity index (χ4v) is 3.75. The zero-order valence-corrected chi connectivity index (χ0v) is 16.7. The largest absolute Gasteiger partial charge is 0.507 e. The summed E-state index contributed by atoms with van der Waals surface area (Å²) in [6.07, 6.45) is 1.31. The maximum absolute atomic E-state index is 13.0. The van der Waals surface area contributed by atoms with E-state index in [4.69, 9.17) is 13.9 Å². The molecule has 2 heterocycles. The van der Waals surface area contributed by atoms with Crippen LogP contribution in [0.3, 0.4) is 0 Å². The summed E-state index contributed by atoms with van der Waals surface area (Å²) >= 11 is 0. The fraction of sp³-hybridized carbons (Fsp3) is 0.318. The van der Waals surface area contributed by atoms with Crippen molar-refractivity contribution in [3.63, 3.8) is 0 Å². The molecule has 3 N–H and O–H groups in total. The number of nitrogens with one attached hydrogen (secondary N) is 2. The lowest BCUT2D eigenvalue weighted by Gasteiger charge is -2.27. The van der Waals surface area contributed by atoms with Crippen molar-refractivity contribution in [2.75, 3.05) is 40.3 Å². The molecule has 0 aliphatic carbocycles. The SMILES string of the molecule is COc1ccccc1Oc1coc2c(C[NH+]3CC[NH+](C)CC3)c(O)ccc2c1=O. The summed E-state index contributed by atoms with van der Waals surface area (Å²) in [5.74, 6) is 1.19. The van der Waals surface area contributed by atoms with Gasteiger partial charge in [0.05, 0.1) is 25.1 Å². The molecule has 7 heteroatoms. The number of phenols is 1. The Balaban J connectivity index is 1.68. The lowest BCUT2D eigenvalue weighted by molar-refractivity contribution is -1.01. The number of quaternary nitrogens is 2. The number of hydrogen-bond acceptors (Lipinski definition) is 5. The second-order valence-electron chi connectivity index (χ2n) is 7.51. The van der Waals surface area contributed by atoms with Crippen LogP contribution in [0.15, 0.2) is 51.9 Å². The molecular weight excluding hydrogens is 372 g/mol. The van der Waals surface area contributed by atoms with E-state index in [-0.39, 0.29) is 16.9 Å². The molecular formula is C22H26N2O5+2. The fourth-order valence-electron chi connectivity index (χ4n) is 3.75. The van der Waals surface area contributed by atoms with Gasteiger partial charge in [0, 0.05) is 0 Å². The normalized spacial score (nSPS) is 19.2. The number of rotatable bonds is 5. The van der Waals surface area contributed by atoms with Gasteiger partial charge in [-0.2, -0.15) is 0 Å². The maximum Gasteiger partial charge on any atom is 0.235 e. The average Bonchev–Trinajstić information content (AvgIpc) is 2.74. The zero-order valence-electron chi connectivity index (χ0n) is 16.7. The van der Waals surface area contributed by atoms with Gasteiger partial charge in [-0.1, -0.05) is 12.1 Å². The molecule has 3 aromatic rings. The van der Waals surface area contributed by atoms with Crippen LogP contribution in [0.1, 0.15) is 5.56 Å². The molecule has 29 heavy (non-hydrogen) atoms. The Bertz CT molecular complexity index is 1070. The molecule has 0 atom stereocenters. The van der Waals surface area contributed by atoms with Crippen LogP contribution in [-0.4, -0.2) is 45.4 Å². The Kier molecular flexibility index (Phi) is 5.42. The third kappa shape index (κ3) is 3.92. The van der Waals surface area contributed by atoms with Gasteiger partial charge in [-0.05, 0) is 24.3 Å². The van der Waals surface area contributed by atoms with Crippen molar-refractivity contribution in [2.45, 2.75) is 6.54 Å². The minimum atomic E-state index is -0.281. The predicted octanol–water partition coefficient (Wildman–Crippen LogP) is 0.213. The number of piperazine rings is 1. The van der Waals surface area contributed by atoms with Gasteiger partial charge in [-0.3, -0.25) is 4.79 Å². The Morgan fingerprint density at radius 3 is 2.48 bits per heavy atom. The molecule has 0 unspecified atom stereocenters. The summed E-state index contributed by atoms with van der Waals surface area (Å²) in [5, 5.41) is 10.8. The third-order valence-electron chi connectivity index (χ3n) is 5.51. The van der Waals surface area contributed by atoms with Crippen molar-refractivity contribution in [3.05, 3.63) is 58.4 Å². The van der Waals surface area contributed by atoms with E-state index in [0.717, 1.165) is 26.2 Å². The van der Waals surface area contributed by atoms with Gasteiger partial charge in [0.15, 0.2) is 17.1 Å². The first-order valence-electron chi connectivity index (χ1n) is 9.79. The molecule has 1 fully saturated rings. The van der Waals surface area contributed by atoms with Crippen LogP contribution in [0.25, 0.3) is 11.0 Å². The van der Waals surface area contributed by atoms with E-state index >= 15 is 0 Å².